The second-order valence-electron chi connectivity index (χ2n) is 2.50. The van der Waals surface area contributed by atoms with Gasteiger partial charge in [0.15, 0.2) is 0 Å². The summed E-state index contributed by atoms with van der Waals surface area (Å²) >= 11 is 0. The predicted octanol–water partition coefficient (Wildman–Crippen LogP) is 1.02. The van der Waals surface area contributed by atoms with Crippen LogP contribution in [0.3, 0.4) is 0 Å². The van der Waals surface area contributed by atoms with Crippen molar-refractivity contribution in [1.29, 1.82) is 0 Å². The smallest absolute Gasteiger partial charge is 0.245 e. The molecule has 0 aliphatic carbocycles. The van der Waals surface area contributed by atoms with Crippen molar-refractivity contribution in [2.75, 3.05) is 0 Å². The van der Waals surface area contributed by atoms with E-state index < -0.39 is 17.1 Å². The fraction of sp³-hybridized carbons (Fsp3) is 0.875. The molecule has 0 aliphatic rings. The molecule has 0 spiro atoms. The molecule has 0 saturated heterocycles. The van der Waals surface area contributed by atoms with Crippen LogP contribution < -0.4 is 0 Å². The summed E-state index contributed by atoms with van der Waals surface area (Å²) in [5, 5.41) is 19.0. The molecule has 0 aromatic heterocycles. The number of ketones is 1. The van der Waals surface area contributed by atoms with E-state index in [0.29, 0.717) is 0 Å². The molecule has 0 heterocycles. The summed E-state index contributed by atoms with van der Waals surface area (Å²) in [6.45, 7) is 6.56. The molecule has 0 saturated carbocycles. The summed E-state index contributed by atoms with van der Waals surface area (Å²) in [6, 6.07) is -1.16. The topological polar surface area (TPSA) is 80.4 Å². The van der Waals surface area contributed by atoms with Crippen molar-refractivity contribution < 1.29 is 14.8 Å². The summed E-state index contributed by atoms with van der Waals surface area (Å²) in [6.07, 6.45) is -1.28. The van der Waals surface area contributed by atoms with E-state index in [1.807, 2.05) is 13.8 Å². The molecule has 13 heavy (non-hydrogen) atoms. The lowest BCUT2D eigenvalue weighted by molar-refractivity contribution is -0.532. The van der Waals surface area contributed by atoms with E-state index in [-0.39, 0.29) is 12.2 Å². The number of hydrogen-bond acceptors (Lipinski definition) is 4. The Kier molecular flexibility index (Phi) is 8.58. The number of rotatable bonds is 4. The third-order valence-electron chi connectivity index (χ3n) is 1.32. The zero-order valence-electron chi connectivity index (χ0n) is 8.48. The third kappa shape index (κ3) is 7.39. The van der Waals surface area contributed by atoms with Crippen molar-refractivity contribution in [2.24, 2.45) is 0 Å². The highest BCUT2D eigenvalue weighted by molar-refractivity contribution is 5.75. The number of Topliss-reactive ketones (excluding diaryl/α,β-unsaturated/α-hetero) is 1. The van der Waals surface area contributed by atoms with Crippen LogP contribution in [0.2, 0.25) is 0 Å². The highest BCUT2D eigenvalue weighted by Gasteiger charge is 2.27. The zero-order valence-corrected chi connectivity index (χ0v) is 8.48. The molecule has 0 aromatic rings. The number of carbonyl (C=O) groups is 1. The highest BCUT2D eigenvalue weighted by atomic mass is 16.6. The first-order chi connectivity index (χ1) is 5.95. The Balaban J connectivity index is 0. The number of carbonyl (C=O) groups excluding carboxylic acids is 1. The summed E-state index contributed by atoms with van der Waals surface area (Å²) in [5.74, 6) is -0.285. The van der Waals surface area contributed by atoms with Gasteiger partial charge in [-0.1, -0.05) is 13.8 Å². The van der Waals surface area contributed by atoms with Gasteiger partial charge >= 0.3 is 0 Å². The SMILES string of the molecule is CC.CC(=O)CC(C(C)O)[N+](=O)[O-]. The lowest BCUT2D eigenvalue weighted by Gasteiger charge is -2.09. The van der Waals surface area contributed by atoms with Crippen LogP contribution >= 0.6 is 0 Å². The Morgan fingerprint density at radius 1 is 1.54 bits per heavy atom. The van der Waals surface area contributed by atoms with Crippen LogP contribution in [0, 0.1) is 10.1 Å². The third-order valence-corrected chi connectivity index (χ3v) is 1.32. The molecule has 5 nitrogen and oxygen atoms in total. The van der Waals surface area contributed by atoms with Crippen LogP contribution in [0.1, 0.15) is 34.1 Å². The largest absolute Gasteiger partial charge is 0.386 e. The van der Waals surface area contributed by atoms with Gasteiger partial charge in [0, 0.05) is 4.92 Å². The minimum Gasteiger partial charge on any atom is -0.386 e. The first-order valence-electron chi connectivity index (χ1n) is 4.26. The maximum absolute atomic E-state index is 10.4. The van der Waals surface area contributed by atoms with Crippen LogP contribution in [-0.2, 0) is 4.79 Å². The molecule has 0 radical (unpaired) electrons. The van der Waals surface area contributed by atoms with Crippen molar-refractivity contribution >= 4 is 5.78 Å². The number of aliphatic hydroxyl groups excluding tert-OH is 1. The van der Waals surface area contributed by atoms with E-state index in [9.17, 15) is 14.9 Å². The molecular formula is C8H17NO4. The molecule has 0 aliphatic heterocycles. The van der Waals surface area contributed by atoms with E-state index in [1.165, 1.54) is 13.8 Å². The van der Waals surface area contributed by atoms with Crippen molar-refractivity contribution in [3.05, 3.63) is 10.1 Å². The van der Waals surface area contributed by atoms with Gasteiger partial charge in [0.25, 0.3) is 0 Å². The van der Waals surface area contributed by atoms with Gasteiger partial charge in [-0.3, -0.25) is 14.9 Å². The van der Waals surface area contributed by atoms with Crippen LogP contribution in [0.4, 0.5) is 0 Å². The van der Waals surface area contributed by atoms with E-state index >= 15 is 0 Å². The Labute approximate surface area is 77.9 Å². The molecular weight excluding hydrogens is 174 g/mol. The van der Waals surface area contributed by atoms with Crippen molar-refractivity contribution in [3.8, 4) is 0 Å². The molecule has 2 unspecified atom stereocenters. The normalized spacial score (nSPS) is 13.6. The van der Waals surface area contributed by atoms with Crippen LogP contribution in [0.5, 0.6) is 0 Å². The lowest BCUT2D eigenvalue weighted by Crippen LogP contribution is -2.33. The molecule has 0 bridgehead atoms. The average Bonchev–Trinajstić information content (AvgIpc) is 2.03. The van der Waals surface area contributed by atoms with Crippen LogP contribution in [0.25, 0.3) is 0 Å². The molecule has 0 rings (SSSR count). The second kappa shape index (κ2) is 7.67. The van der Waals surface area contributed by atoms with E-state index in [4.69, 9.17) is 5.11 Å². The fourth-order valence-corrected chi connectivity index (χ4v) is 0.716. The molecule has 5 heteroatoms. The monoisotopic (exact) mass is 191 g/mol. The maximum Gasteiger partial charge on any atom is 0.245 e. The minimum atomic E-state index is -1.16. The van der Waals surface area contributed by atoms with Gasteiger partial charge < -0.3 is 5.11 Å². The van der Waals surface area contributed by atoms with Gasteiger partial charge in [0.05, 0.1) is 6.42 Å². The Bertz CT molecular complexity index is 168. The first-order valence-corrected chi connectivity index (χ1v) is 4.26. The summed E-state index contributed by atoms with van der Waals surface area (Å²) < 4.78 is 0. The predicted molar refractivity (Wildman–Crippen MR) is 49.1 cm³/mol. The van der Waals surface area contributed by atoms with E-state index in [2.05, 4.69) is 0 Å². The second-order valence-corrected chi connectivity index (χ2v) is 2.50. The number of nitro groups is 1. The van der Waals surface area contributed by atoms with Gasteiger partial charge in [0.1, 0.15) is 11.9 Å². The van der Waals surface area contributed by atoms with Crippen molar-refractivity contribution in [2.45, 2.75) is 46.3 Å². The van der Waals surface area contributed by atoms with E-state index in [0.717, 1.165) is 0 Å². The first kappa shape index (κ1) is 14.5. The van der Waals surface area contributed by atoms with Gasteiger partial charge in [-0.15, -0.1) is 0 Å². The fourth-order valence-electron chi connectivity index (χ4n) is 0.716. The molecule has 0 amide bonds. The van der Waals surface area contributed by atoms with Gasteiger partial charge in [-0.05, 0) is 13.8 Å². The van der Waals surface area contributed by atoms with Gasteiger partial charge in [0.2, 0.25) is 6.04 Å². The van der Waals surface area contributed by atoms with Crippen molar-refractivity contribution in [3.63, 3.8) is 0 Å². The Morgan fingerprint density at radius 2 is 1.92 bits per heavy atom. The van der Waals surface area contributed by atoms with Crippen LogP contribution in [0.15, 0.2) is 0 Å². The molecule has 78 valence electrons. The van der Waals surface area contributed by atoms with Crippen molar-refractivity contribution in [1.82, 2.24) is 0 Å². The average molecular weight is 191 g/mol. The van der Waals surface area contributed by atoms with Gasteiger partial charge in [-0.25, -0.2) is 0 Å². The molecule has 1 N–H and O–H groups in total. The van der Waals surface area contributed by atoms with E-state index in [1.54, 1.807) is 0 Å². The summed E-state index contributed by atoms with van der Waals surface area (Å²) in [7, 11) is 0. The number of nitrogens with zero attached hydrogens (tertiary/aromatic N) is 1. The standard InChI is InChI=1S/C6H11NO4.C2H6/c1-4(8)3-6(5(2)9)7(10)11;1-2/h5-6,9H,3H2,1-2H3;1-2H3. The molecule has 2 atom stereocenters. The highest BCUT2D eigenvalue weighted by Crippen LogP contribution is 2.03. The number of aliphatic hydroxyl groups is 1. The maximum atomic E-state index is 10.4. The molecule has 0 fully saturated rings. The van der Waals surface area contributed by atoms with Crippen LogP contribution in [-0.4, -0.2) is 28.0 Å². The zero-order chi connectivity index (χ0) is 11.0. The molecule has 0 aromatic carbocycles. The number of hydrogen-bond donors (Lipinski definition) is 1. The summed E-state index contributed by atoms with van der Waals surface area (Å²) in [4.78, 5) is 20.0. The Hall–Kier alpha value is -0.970. The lowest BCUT2D eigenvalue weighted by atomic mass is 10.1. The minimum absolute atomic E-state index is 0.204. The summed E-state index contributed by atoms with van der Waals surface area (Å²) in [5.41, 5.74) is 0. The quantitative estimate of drug-likeness (QED) is 0.531. The Morgan fingerprint density at radius 3 is 2.00 bits per heavy atom. The van der Waals surface area contributed by atoms with Gasteiger partial charge in [-0.2, -0.15) is 0 Å².